The number of hydrogen-bond acceptors (Lipinski definition) is 4. The predicted octanol–water partition coefficient (Wildman–Crippen LogP) is 6.75. The molecule has 1 N–H and O–H groups in total. The van der Waals surface area contributed by atoms with Gasteiger partial charge in [0.05, 0.1) is 20.6 Å². The van der Waals surface area contributed by atoms with Crippen LogP contribution in [0.25, 0.3) is 0 Å². The van der Waals surface area contributed by atoms with Crippen molar-refractivity contribution in [3.8, 4) is 0 Å². The number of hydrogen-bond donors (Lipinski definition) is 1. The first-order valence-corrected chi connectivity index (χ1v) is 15.2. The van der Waals surface area contributed by atoms with Gasteiger partial charge in [0.15, 0.2) is 0 Å². The van der Waals surface area contributed by atoms with Crippen LogP contribution >= 0.6 is 46.4 Å². The molecule has 0 aliphatic carbocycles. The molecule has 3 rings (SSSR count). The number of nitrogens with one attached hydrogen (secondary N) is 1. The third-order valence-corrected chi connectivity index (χ3v) is 8.92. The normalized spacial score (nSPS) is 12.2. The van der Waals surface area contributed by atoms with Crippen molar-refractivity contribution in [2.45, 2.75) is 51.2 Å². The van der Waals surface area contributed by atoms with E-state index in [1.165, 1.54) is 35.2 Å². The lowest BCUT2D eigenvalue weighted by Gasteiger charge is -2.32. The molecule has 214 valence electrons. The van der Waals surface area contributed by atoms with E-state index in [0.29, 0.717) is 10.6 Å². The van der Waals surface area contributed by atoms with Crippen molar-refractivity contribution in [3.63, 3.8) is 0 Å². The van der Waals surface area contributed by atoms with E-state index in [1.54, 1.807) is 51.1 Å². The molecule has 3 aromatic rings. The lowest BCUT2D eigenvalue weighted by Crippen LogP contribution is -2.52. The Morgan fingerprint density at radius 2 is 1.45 bits per heavy atom. The van der Waals surface area contributed by atoms with Crippen molar-refractivity contribution >= 4 is 73.9 Å². The molecule has 0 bridgehead atoms. The Hall–Kier alpha value is -2.49. The van der Waals surface area contributed by atoms with Crippen LogP contribution in [0, 0.1) is 6.92 Å². The molecule has 0 spiro atoms. The van der Waals surface area contributed by atoms with Crippen LogP contribution in [0.1, 0.15) is 31.9 Å². The van der Waals surface area contributed by atoms with Crippen molar-refractivity contribution in [2.24, 2.45) is 0 Å². The second-order valence-electron chi connectivity index (χ2n) is 9.56. The van der Waals surface area contributed by atoms with Crippen LogP contribution in [0.2, 0.25) is 20.1 Å². The number of aryl methyl sites for hydroxylation is 1. The molecule has 0 saturated carbocycles. The molecule has 0 unspecified atom stereocenters. The van der Waals surface area contributed by atoms with Gasteiger partial charge in [0.25, 0.3) is 10.0 Å². The van der Waals surface area contributed by atoms with Crippen molar-refractivity contribution < 1.29 is 18.0 Å². The first kappa shape index (κ1) is 32.0. The van der Waals surface area contributed by atoms with Crippen LogP contribution in [-0.4, -0.2) is 43.8 Å². The van der Waals surface area contributed by atoms with Gasteiger partial charge < -0.3 is 10.2 Å². The van der Waals surface area contributed by atoms with E-state index < -0.39 is 34.4 Å². The summed E-state index contributed by atoms with van der Waals surface area (Å²) in [6, 6.07) is 14.2. The number of sulfonamides is 1. The highest BCUT2D eigenvalue weighted by molar-refractivity contribution is 7.92. The number of amides is 2. The van der Waals surface area contributed by atoms with Gasteiger partial charge in [-0.1, -0.05) is 70.2 Å². The summed E-state index contributed by atoms with van der Waals surface area (Å²) in [7, 11) is -4.25. The fourth-order valence-electron chi connectivity index (χ4n) is 3.87. The topological polar surface area (TPSA) is 86.8 Å². The Kier molecular flexibility index (Phi) is 10.8. The highest BCUT2D eigenvalue weighted by atomic mass is 35.5. The van der Waals surface area contributed by atoms with Gasteiger partial charge in [-0.3, -0.25) is 13.9 Å². The Balaban J connectivity index is 2.08. The molecule has 0 saturated heterocycles. The highest BCUT2D eigenvalue weighted by Crippen LogP contribution is 2.30. The van der Waals surface area contributed by atoms with E-state index in [2.05, 4.69) is 5.32 Å². The van der Waals surface area contributed by atoms with E-state index in [1.807, 2.05) is 6.92 Å². The van der Waals surface area contributed by atoms with Crippen LogP contribution in [-0.2, 0) is 26.2 Å². The quantitative estimate of drug-likeness (QED) is 0.265. The molecule has 3 aromatic carbocycles. The van der Waals surface area contributed by atoms with Gasteiger partial charge in [-0.2, -0.15) is 0 Å². The highest BCUT2D eigenvalue weighted by Gasteiger charge is 2.33. The lowest BCUT2D eigenvalue weighted by molar-refractivity contribution is -0.139. The number of benzene rings is 3. The fraction of sp³-hybridized carbons (Fsp3) is 0.286. The van der Waals surface area contributed by atoms with Gasteiger partial charge in [-0.15, -0.1) is 0 Å². The minimum atomic E-state index is -4.25. The minimum Gasteiger partial charge on any atom is -0.352 e. The van der Waals surface area contributed by atoms with Crippen LogP contribution in [0.5, 0.6) is 0 Å². The van der Waals surface area contributed by atoms with Crippen molar-refractivity contribution in [3.05, 3.63) is 91.9 Å². The molecule has 12 heteroatoms. The monoisotopic (exact) mass is 643 g/mol. The predicted molar refractivity (Wildman–Crippen MR) is 162 cm³/mol. The van der Waals surface area contributed by atoms with Crippen LogP contribution in [0.3, 0.4) is 0 Å². The number of anilines is 1. The summed E-state index contributed by atoms with van der Waals surface area (Å²) in [5, 5.41) is 3.80. The summed E-state index contributed by atoms with van der Waals surface area (Å²) in [6.45, 7) is 6.34. The number of nitrogens with zero attached hydrogens (tertiary/aromatic N) is 2. The molecule has 0 heterocycles. The molecule has 0 aromatic heterocycles. The second-order valence-corrected chi connectivity index (χ2v) is 13.1. The molecule has 2 amide bonds. The summed E-state index contributed by atoms with van der Waals surface area (Å²) in [6.07, 6.45) is 0. The summed E-state index contributed by atoms with van der Waals surface area (Å²) in [4.78, 5) is 28.2. The van der Waals surface area contributed by atoms with Gasteiger partial charge >= 0.3 is 0 Å². The standard InChI is InChI=1S/C28H29Cl4N3O4S/c1-17(2)33-28(37)19(4)34(15-20-7-10-25(31)26(32)11-20)27(36)16-35(23-13-21(29)12-22(30)14-23)40(38,39)24-8-5-18(3)6-9-24/h5-14,17,19H,15-16H2,1-4H3,(H,33,37)/t19-/m0/s1. The maximum absolute atomic E-state index is 13.9. The molecular weight excluding hydrogens is 616 g/mol. The second kappa shape index (κ2) is 13.4. The maximum atomic E-state index is 13.9. The summed E-state index contributed by atoms with van der Waals surface area (Å²) < 4.78 is 28.7. The van der Waals surface area contributed by atoms with Crippen LogP contribution in [0.4, 0.5) is 5.69 Å². The number of carbonyl (C=O) groups excluding carboxylic acids is 2. The molecule has 7 nitrogen and oxygen atoms in total. The van der Waals surface area contributed by atoms with E-state index in [4.69, 9.17) is 46.4 Å². The zero-order chi connectivity index (χ0) is 29.8. The van der Waals surface area contributed by atoms with Gasteiger partial charge in [0.2, 0.25) is 11.8 Å². The summed E-state index contributed by atoms with van der Waals surface area (Å²) in [5.74, 6) is -1.04. The zero-order valence-electron chi connectivity index (χ0n) is 22.3. The largest absolute Gasteiger partial charge is 0.352 e. The maximum Gasteiger partial charge on any atom is 0.264 e. The Labute approximate surface area is 255 Å². The van der Waals surface area contributed by atoms with Gasteiger partial charge in [-0.25, -0.2) is 8.42 Å². The first-order chi connectivity index (χ1) is 18.7. The number of halogens is 4. The molecule has 0 radical (unpaired) electrons. The zero-order valence-corrected chi connectivity index (χ0v) is 26.1. The first-order valence-electron chi connectivity index (χ1n) is 12.3. The molecule has 0 aliphatic rings. The Morgan fingerprint density at radius 3 is 2.00 bits per heavy atom. The van der Waals surface area contributed by atoms with Gasteiger partial charge in [0, 0.05) is 22.6 Å². The third kappa shape index (κ3) is 8.04. The summed E-state index contributed by atoms with van der Waals surface area (Å²) >= 11 is 24.7. The van der Waals surface area contributed by atoms with E-state index in [-0.39, 0.29) is 38.2 Å². The smallest absolute Gasteiger partial charge is 0.264 e. The average Bonchev–Trinajstić information content (AvgIpc) is 2.86. The molecule has 1 atom stereocenters. The molecular formula is C28H29Cl4N3O4S. The van der Waals surface area contributed by atoms with E-state index in [0.717, 1.165) is 9.87 Å². The number of rotatable bonds is 10. The van der Waals surface area contributed by atoms with E-state index >= 15 is 0 Å². The molecule has 0 aliphatic heterocycles. The van der Waals surface area contributed by atoms with Gasteiger partial charge in [-0.05, 0) is 75.7 Å². The third-order valence-electron chi connectivity index (χ3n) is 5.96. The van der Waals surface area contributed by atoms with Crippen molar-refractivity contribution in [1.82, 2.24) is 10.2 Å². The van der Waals surface area contributed by atoms with Gasteiger partial charge in [0.1, 0.15) is 12.6 Å². The van der Waals surface area contributed by atoms with Crippen LogP contribution < -0.4 is 9.62 Å². The van der Waals surface area contributed by atoms with E-state index in [9.17, 15) is 18.0 Å². The Bertz CT molecular complexity index is 1480. The summed E-state index contributed by atoms with van der Waals surface area (Å²) in [5.41, 5.74) is 1.57. The minimum absolute atomic E-state index is 0.0244. The Morgan fingerprint density at radius 1 is 0.850 bits per heavy atom. The lowest BCUT2D eigenvalue weighted by atomic mass is 10.1. The average molecular weight is 645 g/mol. The SMILES string of the molecule is Cc1ccc(S(=O)(=O)N(CC(=O)N(Cc2ccc(Cl)c(Cl)c2)[C@@H](C)C(=O)NC(C)C)c2cc(Cl)cc(Cl)c2)cc1. The fourth-order valence-corrected chi connectivity index (χ4v) is 6.10. The van der Waals surface area contributed by atoms with Crippen molar-refractivity contribution in [1.29, 1.82) is 0 Å². The molecule has 0 fully saturated rings. The van der Waals surface area contributed by atoms with Crippen LogP contribution in [0.15, 0.2) is 65.6 Å². The molecule has 40 heavy (non-hydrogen) atoms. The van der Waals surface area contributed by atoms with Crippen molar-refractivity contribution in [2.75, 3.05) is 10.8 Å². The number of carbonyl (C=O) groups is 2.